The summed E-state index contributed by atoms with van der Waals surface area (Å²) in [7, 11) is 0. The predicted molar refractivity (Wildman–Crippen MR) is 71.4 cm³/mol. The van der Waals surface area contributed by atoms with Crippen molar-refractivity contribution >= 4 is 21.7 Å². The average Bonchev–Trinajstić information content (AvgIpc) is 2.42. The van der Waals surface area contributed by atoms with E-state index in [2.05, 4.69) is 20.9 Å². The molecule has 0 saturated carbocycles. The Balaban J connectivity index is 2.19. The quantitative estimate of drug-likeness (QED) is 0.598. The number of carbonyl (C=O) groups excluding carboxylic acids is 1. The lowest BCUT2D eigenvalue weighted by Crippen LogP contribution is -2.10. The van der Waals surface area contributed by atoms with E-state index in [1.807, 2.05) is 0 Å². The van der Waals surface area contributed by atoms with Crippen LogP contribution in [0.5, 0.6) is 0 Å². The zero-order valence-corrected chi connectivity index (χ0v) is 12.0. The molecule has 2 rings (SSSR count). The molecule has 0 spiro atoms. The van der Waals surface area contributed by atoms with Crippen LogP contribution in [0.3, 0.4) is 0 Å². The van der Waals surface area contributed by atoms with Crippen LogP contribution in [0.2, 0.25) is 0 Å². The van der Waals surface area contributed by atoms with Crippen molar-refractivity contribution in [2.24, 2.45) is 0 Å². The number of Topliss-reactive ketones (excluding diaryl/α,β-unsaturated/α-hetero) is 1. The van der Waals surface area contributed by atoms with Crippen LogP contribution in [0.4, 0.5) is 17.6 Å². The Kier molecular flexibility index (Phi) is 4.41. The smallest absolute Gasteiger partial charge is 0.292 e. The minimum absolute atomic E-state index is 0.137. The van der Waals surface area contributed by atoms with Crippen molar-refractivity contribution in [2.45, 2.75) is 12.6 Å². The Bertz CT molecular complexity index is 668. The van der Waals surface area contributed by atoms with Gasteiger partial charge in [-0.1, -0.05) is 15.9 Å². The Labute approximate surface area is 125 Å². The molecule has 0 N–H and O–H groups in total. The molecule has 2 aromatic rings. The SMILES string of the molecule is O=C(Cc1cc(Br)ccc1F)c1ccc(C(F)(F)F)cn1. The lowest BCUT2D eigenvalue weighted by Gasteiger charge is -2.07. The van der Waals surface area contributed by atoms with Gasteiger partial charge in [0.05, 0.1) is 5.56 Å². The third-order valence-corrected chi connectivity index (χ3v) is 3.23. The van der Waals surface area contributed by atoms with E-state index in [1.54, 1.807) is 0 Å². The molecule has 0 aliphatic rings. The lowest BCUT2D eigenvalue weighted by atomic mass is 10.1. The highest BCUT2D eigenvalue weighted by molar-refractivity contribution is 9.10. The molecule has 0 bridgehead atoms. The monoisotopic (exact) mass is 361 g/mol. The average molecular weight is 362 g/mol. The second-order valence-corrected chi connectivity index (χ2v) is 5.18. The van der Waals surface area contributed by atoms with Crippen molar-refractivity contribution in [3.63, 3.8) is 0 Å². The number of rotatable bonds is 3. The number of ketones is 1. The molecule has 2 nitrogen and oxygen atoms in total. The van der Waals surface area contributed by atoms with E-state index in [-0.39, 0.29) is 17.7 Å². The van der Waals surface area contributed by atoms with Crippen LogP contribution in [0.25, 0.3) is 0 Å². The molecule has 0 unspecified atom stereocenters. The Morgan fingerprint density at radius 1 is 1.19 bits per heavy atom. The second kappa shape index (κ2) is 5.93. The van der Waals surface area contributed by atoms with Crippen molar-refractivity contribution in [1.82, 2.24) is 4.98 Å². The fraction of sp³-hybridized carbons (Fsp3) is 0.143. The van der Waals surface area contributed by atoms with Crippen molar-refractivity contribution in [3.05, 3.63) is 63.6 Å². The zero-order chi connectivity index (χ0) is 15.6. The van der Waals surface area contributed by atoms with Crippen LogP contribution in [-0.4, -0.2) is 10.8 Å². The Morgan fingerprint density at radius 3 is 2.48 bits per heavy atom. The van der Waals surface area contributed by atoms with E-state index in [4.69, 9.17) is 0 Å². The van der Waals surface area contributed by atoms with Gasteiger partial charge in [0.1, 0.15) is 11.5 Å². The summed E-state index contributed by atoms with van der Waals surface area (Å²) < 4.78 is 51.3. The number of hydrogen-bond donors (Lipinski definition) is 0. The zero-order valence-electron chi connectivity index (χ0n) is 10.4. The van der Waals surface area contributed by atoms with Crippen molar-refractivity contribution in [2.75, 3.05) is 0 Å². The maximum absolute atomic E-state index is 13.5. The summed E-state index contributed by atoms with van der Waals surface area (Å²) >= 11 is 3.16. The predicted octanol–water partition coefficient (Wildman–Crippen LogP) is 4.43. The second-order valence-electron chi connectivity index (χ2n) is 4.27. The van der Waals surface area contributed by atoms with Gasteiger partial charge in [0.15, 0.2) is 5.78 Å². The molecule has 0 radical (unpaired) electrons. The van der Waals surface area contributed by atoms with Gasteiger partial charge in [-0.3, -0.25) is 9.78 Å². The third kappa shape index (κ3) is 3.87. The molecule has 1 heterocycles. The van der Waals surface area contributed by atoms with E-state index in [0.717, 1.165) is 12.1 Å². The van der Waals surface area contributed by atoms with Crippen molar-refractivity contribution < 1.29 is 22.4 Å². The molecule has 0 atom stereocenters. The van der Waals surface area contributed by atoms with Crippen LogP contribution in [0, 0.1) is 5.82 Å². The number of halogens is 5. The summed E-state index contributed by atoms with van der Waals surface area (Å²) in [6.07, 6.45) is -4.20. The largest absolute Gasteiger partial charge is 0.417 e. The third-order valence-electron chi connectivity index (χ3n) is 2.74. The van der Waals surface area contributed by atoms with Gasteiger partial charge in [-0.25, -0.2) is 4.39 Å². The van der Waals surface area contributed by atoms with E-state index < -0.39 is 23.3 Å². The first-order valence-electron chi connectivity index (χ1n) is 5.78. The van der Waals surface area contributed by atoms with E-state index in [1.165, 1.54) is 18.2 Å². The highest BCUT2D eigenvalue weighted by atomic mass is 79.9. The highest BCUT2D eigenvalue weighted by Crippen LogP contribution is 2.28. The molecule has 110 valence electrons. The summed E-state index contributed by atoms with van der Waals surface area (Å²) in [5.74, 6) is -1.11. The van der Waals surface area contributed by atoms with Gasteiger partial charge in [-0.05, 0) is 35.9 Å². The molecule has 0 saturated heterocycles. The molecule has 1 aromatic heterocycles. The van der Waals surface area contributed by atoms with Crippen LogP contribution in [0.1, 0.15) is 21.6 Å². The van der Waals surface area contributed by atoms with Crippen LogP contribution < -0.4 is 0 Å². The molecular weight excluding hydrogens is 354 g/mol. The van der Waals surface area contributed by atoms with Crippen molar-refractivity contribution in [1.29, 1.82) is 0 Å². The molecule has 0 fully saturated rings. The summed E-state index contributed by atoms with van der Waals surface area (Å²) in [6.45, 7) is 0. The van der Waals surface area contributed by atoms with Gasteiger partial charge >= 0.3 is 6.18 Å². The van der Waals surface area contributed by atoms with Gasteiger partial charge < -0.3 is 0 Å². The number of alkyl halides is 3. The van der Waals surface area contributed by atoms with Gasteiger partial charge in [0.2, 0.25) is 0 Å². The molecular formula is C14H8BrF4NO. The summed E-state index contributed by atoms with van der Waals surface area (Å²) in [6, 6.07) is 5.89. The van der Waals surface area contributed by atoms with E-state index in [9.17, 15) is 22.4 Å². The van der Waals surface area contributed by atoms with Crippen molar-refractivity contribution in [3.8, 4) is 0 Å². The van der Waals surface area contributed by atoms with Gasteiger partial charge in [0, 0.05) is 17.1 Å². The molecule has 21 heavy (non-hydrogen) atoms. The Morgan fingerprint density at radius 2 is 1.90 bits per heavy atom. The molecule has 0 aliphatic heterocycles. The number of benzene rings is 1. The highest BCUT2D eigenvalue weighted by Gasteiger charge is 2.30. The molecule has 0 aliphatic carbocycles. The summed E-state index contributed by atoms with van der Waals surface area (Å²) in [5, 5.41) is 0. The number of carbonyl (C=O) groups is 1. The normalized spacial score (nSPS) is 11.5. The van der Waals surface area contributed by atoms with Gasteiger partial charge in [-0.2, -0.15) is 13.2 Å². The maximum atomic E-state index is 13.5. The van der Waals surface area contributed by atoms with Crippen LogP contribution >= 0.6 is 15.9 Å². The van der Waals surface area contributed by atoms with E-state index >= 15 is 0 Å². The number of nitrogens with zero attached hydrogens (tertiary/aromatic N) is 1. The molecule has 7 heteroatoms. The minimum atomic E-state index is -4.51. The Hall–Kier alpha value is -1.76. The van der Waals surface area contributed by atoms with Gasteiger partial charge in [0.25, 0.3) is 0 Å². The number of aromatic nitrogens is 1. The number of hydrogen-bond acceptors (Lipinski definition) is 2. The fourth-order valence-corrected chi connectivity index (χ4v) is 2.08. The summed E-state index contributed by atoms with van der Waals surface area (Å²) in [5.41, 5.74) is -0.925. The molecule has 0 amide bonds. The lowest BCUT2D eigenvalue weighted by molar-refractivity contribution is -0.137. The first-order valence-corrected chi connectivity index (χ1v) is 6.57. The topological polar surface area (TPSA) is 30.0 Å². The summed E-state index contributed by atoms with van der Waals surface area (Å²) in [4.78, 5) is 15.4. The first kappa shape index (κ1) is 15.6. The molecule has 1 aromatic carbocycles. The number of pyridine rings is 1. The van der Waals surface area contributed by atoms with Gasteiger partial charge in [-0.15, -0.1) is 0 Å². The van der Waals surface area contributed by atoms with Crippen LogP contribution in [-0.2, 0) is 12.6 Å². The fourth-order valence-electron chi connectivity index (χ4n) is 1.67. The first-order chi connectivity index (χ1) is 9.77. The van der Waals surface area contributed by atoms with Crippen LogP contribution in [0.15, 0.2) is 41.0 Å². The standard InChI is InChI=1S/C14H8BrF4NO/c15-10-2-3-11(16)8(5-10)6-13(21)12-4-1-9(7-20-12)14(17,18)19/h1-5,7H,6H2. The maximum Gasteiger partial charge on any atom is 0.417 e. The van der Waals surface area contributed by atoms with E-state index in [0.29, 0.717) is 10.7 Å². The minimum Gasteiger partial charge on any atom is -0.292 e.